The molecule has 0 atom stereocenters. The van der Waals surface area contributed by atoms with E-state index in [-0.39, 0.29) is 0 Å². The summed E-state index contributed by atoms with van der Waals surface area (Å²) in [6.45, 7) is 5.31. The molecule has 0 amide bonds. The van der Waals surface area contributed by atoms with Crippen molar-refractivity contribution in [1.82, 2.24) is 14.5 Å². The monoisotopic (exact) mass is 349 g/mol. The van der Waals surface area contributed by atoms with Gasteiger partial charge >= 0.3 is 0 Å². The number of thiazole rings is 1. The molecule has 6 heteroatoms. The number of nitrogens with one attached hydrogen (secondary N) is 1. The quantitative estimate of drug-likeness (QED) is 0.418. The van der Waals surface area contributed by atoms with Crippen molar-refractivity contribution in [2.75, 3.05) is 5.43 Å². The fourth-order valence-electron chi connectivity index (χ4n) is 2.81. The summed E-state index contributed by atoms with van der Waals surface area (Å²) in [7, 11) is 0. The molecule has 5 nitrogen and oxygen atoms in total. The Morgan fingerprint density at radius 3 is 2.64 bits per heavy atom. The molecule has 4 rings (SSSR count). The van der Waals surface area contributed by atoms with Crippen molar-refractivity contribution < 1.29 is 0 Å². The smallest absolute Gasteiger partial charge is 0.204 e. The van der Waals surface area contributed by atoms with Crippen molar-refractivity contribution in [2.24, 2.45) is 11.0 Å². The summed E-state index contributed by atoms with van der Waals surface area (Å²) in [6, 6.07) is 16.3. The largest absolute Gasteiger partial charge is 0.323 e. The second-order valence-electron chi connectivity index (χ2n) is 6.32. The zero-order valence-corrected chi connectivity index (χ0v) is 15.0. The zero-order valence-electron chi connectivity index (χ0n) is 14.2. The molecular formula is C19H19N5S. The maximum atomic E-state index is 4.70. The first-order valence-corrected chi connectivity index (χ1v) is 9.12. The molecule has 0 aliphatic rings. The predicted molar refractivity (Wildman–Crippen MR) is 105 cm³/mol. The van der Waals surface area contributed by atoms with E-state index < -0.39 is 0 Å². The Morgan fingerprint density at radius 1 is 1.08 bits per heavy atom. The third-order valence-corrected chi connectivity index (χ3v) is 4.81. The van der Waals surface area contributed by atoms with Gasteiger partial charge in [0.2, 0.25) is 5.13 Å². The van der Waals surface area contributed by atoms with Crippen LogP contribution in [0.15, 0.2) is 53.6 Å². The Bertz CT molecular complexity index is 1010. The molecule has 2 heterocycles. The van der Waals surface area contributed by atoms with Gasteiger partial charge < -0.3 is 4.57 Å². The number of hydrazone groups is 1. The molecule has 1 N–H and O–H groups in total. The van der Waals surface area contributed by atoms with Crippen LogP contribution in [0.5, 0.6) is 0 Å². The molecule has 0 saturated heterocycles. The minimum Gasteiger partial charge on any atom is -0.323 e. The van der Waals surface area contributed by atoms with Gasteiger partial charge in [-0.1, -0.05) is 49.4 Å². The molecule has 2 aromatic carbocycles. The summed E-state index contributed by atoms with van der Waals surface area (Å²) < 4.78 is 3.36. The van der Waals surface area contributed by atoms with Gasteiger partial charge in [-0.25, -0.2) is 9.97 Å². The van der Waals surface area contributed by atoms with Gasteiger partial charge in [0.1, 0.15) is 0 Å². The lowest BCUT2D eigenvalue weighted by molar-refractivity contribution is 0.531. The number of hydrogen-bond acceptors (Lipinski definition) is 5. The van der Waals surface area contributed by atoms with Gasteiger partial charge in [0.05, 0.1) is 27.5 Å². The van der Waals surface area contributed by atoms with E-state index in [1.165, 1.54) is 0 Å². The van der Waals surface area contributed by atoms with E-state index in [1.807, 2.05) is 36.4 Å². The number of aromatic nitrogens is 3. The Morgan fingerprint density at radius 2 is 1.84 bits per heavy atom. The lowest BCUT2D eigenvalue weighted by Gasteiger charge is -2.09. The number of benzene rings is 2. The molecule has 25 heavy (non-hydrogen) atoms. The van der Waals surface area contributed by atoms with E-state index in [9.17, 15) is 0 Å². The number of nitrogens with zero attached hydrogens (tertiary/aromatic N) is 4. The number of anilines is 1. The molecule has 0 aliphatic heterocycles. The van der Waals surface area contributed by atoms with Crippen LogP contribution < -0.4 is 5.43 Å². The van der Waals surface area contributed by atoms with Crippen molar-refractivity contribution in [3.05, 3.63) is 54.4 Å². The van der Waals surface area contributed by atoms with E-state index in [0.717, 1.165) is 38.8 Å². The first kappa shape index (κ1) is 15.8. The summed E-state index contributed by atoms with van der Waals surface area (Å²) in [5.41, 5.74) is 6.14. The molecule has 0 saturated carbocycles. The predicted octanol–water partition coefficient (Wildman–Crippen LogP) is 4.75. The number of para-hydroxylation sites is 3. The molecule has 0 unspecified atom stereocenters. The minimum atomic E-state index is 0.530. The maximum absolute atomic E-state index is 4.70. The highest BCUT2D eigenvalue weighted by atomic mass is 32.1. The molecule has 0 radical (unpaired) electrons. The lowest BCUT2D eigenvalue weighted by atomic mass is 10.2. The molecule has 0 spiro atoms. The fourth-order valence-corrected chi connectivity index (χ4v) is 3.63. The zero-order chi connectivity index (χ0) is 17.2. The highest BCUT2D eigenvalue weighted by Gasteiger charge is 2.10. The van der Waals surface area contributed by atoms with Crippen LogP contribution in [0.1, 0.15) is 19.7 Å². The lowest BCUT2D eigenvalue weighted by Crippen LogP contribution is -2.08. The second kappa shape index (κ2) is 6.64. The summed E-state index contributed by atoms with van der Waals surface area (Å²) in [5, 5.41) is 5.14. The Kier molecular flexibility index (Phi) is 4.19. The first-order chi connectivity index (χ1) is 12.2. The van der Waals surface area contributed by atoms with E-state index >= 15 is 0 Å². The number of fused-ring (bicyclic) bond motifs is 2. The Balaban J connectivity index is 1.61. The summed E-state index contributed by atoms with van der Waals surface area (Å²) in [4.78, 5) is 9.22. The summed E-state index contributed by atoms with van der Waals surface area (Å²) in [6.07, 6.45) is 1.77. The normalized spacial score (nSPS) is 12.0. The second-order valence-corrected chi connectivity index (χ2v) is 7.35. The molecule has 0 aliphatic carbocycles. The fraction of sp³-hybridized carbons (Fsp3) is 0.211. The molecule has 4 aromatic rings. The molecule has 0 bridgehead atoms. The number of rotatable bonds is 5. The van der Waals surface area contributed by atoms with Crippen LogP contribution in [0.25, 0.3) is 21.3 Å². The van der Waals surface area contributed by atoms with Crippen LogP contribution in [0.4, 0.5) is 5.13 Å². The highest BCUT2D eigenvalue weighted by molar-refractivity contribution is 7.22. The molecule has 0 fully saturated rings. The standard InChI is InChI=1S/C19H19N5S/c1-13(2)12-24-16-9-5-3-7-14(16)21-18(24)11-20-23-19-22-15-8-4-6-10-17(15)25-19/h3-11,13H,12H2,1-2H3,(H,22,23)/b20-11+. The van der Waals surface area contributed by atoms with Crippen molar-refractivity contribution in [2.45, 2.75) is 20.4 Å². The Labute approximate surface area is 150 Å². The van der Waals surface area contributed by atoms with Crippen LogP contribution in [0.2, 0.25) is 0 Å². The average molecular weight is 349 g/mol. The Hall–Kier alpha value is -2.73. The number of imidazole rings is 1. The average Bonchev–Trinajstić information content (AvgIpc) is 3.16. The number of hydrogen-bond donors (Lipinski definition) is 1. The van der Waals surface area contributed by atoms with Gasteiger partial charge in [-0.2, -0.15) is 5.10 Å². The third kappa shape index (κ3) is 3.25. The van der Waals surface area contributed by atoms with Crippen LogP contribution in [-0.4, -0.2) is 20.7 Å². The van der Waals surface area contributed by atoms with Crippen LogP contribution in [-0.2, 0) is 6.54 Å². The minimum absolute atomic E-state index is 0.530. The van der Waals surface area contributed by atoms with Crippen LogP contribution in [0.3, 0.4) is 0 Å². The molecule has 126 valence electrons. The third-order valence-electron chi connectivity index (χ3n) is 3.87. The van der Waals surface area contributed by atoms with Crippen LogP contribution in [0, 0.1) is 5.92 Å². The maximum Gasteiger partial charge on any atom is 0.204 e. The van der Waals surface area contributed by atoms with Crippen molar-refractivity contribution in [3.8, 4) is 0 Å². The highest BCUT2D eigenvalue weighted by Crippen LogP contribution is 2.25. The summed E-state index contributed by atoms with van der Waals surface area (Å²) >= 11 is 1.59. The van der Waals surface area contributed by atoms with Crippen molar-refractivity contribution in [1.29, 1.82) is 0 Å². The van der Waals surface area contributed by atoms with Crippen molar-refractivity contribution in [3.63, 3.8) is 0 Å². The van der Waals surface area contributed by atoms with E-state index in [0.29, 0.717) is 5.92 Å². The van der Waals surface area contributed by atoms with Gasteiger partial charge in [-0.15, -0.1) is 0 Å². The van der Waals surface area contributed by atoms with E-state index in [1.54, 1.807) is 17.6 Å². The van der Waals surface area contributed by atoms with Crippen molar-refractivity contribution >= 4 is 43.9 Å². The van der Waals surface area contributed by atoms with Gasteiger partial charge in [0.15, 0.2) is 5.82 Å². The summed E-state index contributed by atoms with van der Waals surface area (Å²) in [5.74, 6) is 1.38. The molecule has 2 aromatic heterocycles. The van der Waals surface area contributed by atoms with Crippen LogP contribution >= 0.6 is 11.3 Å². The SMILES string of the molecule is CC(C)Cn1c(/C=N/Nc2nc3ccccc3s2)nc2ccccc21. The van der Waals surface area contributed by atoms with Gasteiger partial charge in [-0.05, 0) is 30.2 Å². The van der Waals surface area contributed by atoms with E-state index in [4.69, 9.17) is 4.98 Å². The van der Waals surface area contributed by atoms with E-state index in [2.05, 4.69) is 46.1 Å². The van der Waals surface area contributed by atoms with Gasteiger partial charge in [0.25, 0.3) is 0 Å². The molecular weight excluding hydrogens is 330 g/mol. The first-order valence-electron chi connectivity index (χ1n) is 8.30. The van der Waals surface area contributed by atoms with Gasteiger partial charge in [0, 0.05) is 6.54 Å². The van der Waals surface area contributed by atoms with Gasteiger partial charge in [-0.3, -0.25) is 5.43 Å². The topological polar surface area (TPSA) is 55.1 Å².